The molecule has 1 aliphatic rings. The molecule has 0 radical (unpaired) electrons. The molecule has 0 bridgehead atoms. The van der Waals surface area contributed by atoms with Gasteiger partial charge in [-0.05, 0) is 44.2 Å². The maximum atomic E-state index is 13.3. The number of piperazine rings is 1. The van der Waals surface area contributed by atoms with Crippen LogP contribution in [0.2, 0.25) is 0 Å². The largest absolute Gasteiger partial charge is 0.507 e. The van der Waals surface area contributed by atoms with Crippen molar-refractivity contribution >= 4 is 5.69 Å². The molecule has 1 aromatic carbocycles. The molecule has 6 heteroatoms. The number of anilines is 1. The predicted molar refractivity (Wildman–Crippen MR) is 119 cm³/mol. The summed E-state index contributed by atoms with van der Waals surface area (Å²) < 4.78 is 1.71. The van der Waals surface area contributed by atoms with Gasteiger partial charge in [0.15, 0.2) is 0 Å². The lowest BCUT2D eigenvalue weighted by molar-refractivity contribution is 0.204. The van der Waals surface area contributed by atoms with Crippen molar-refractivity contribution in [1.82, 2.24) is 14.5 Å². The Morgan fingerprint density at radius 1 is 1.03 bits per heavy atom. The van der Waals surface area contributed by atoms with E-state index >= 15 is 0 Å². The van der Waals surface area contributed by atoms with Gasteiger partial charge in [0.25, 0.3) is 5.56 Å². The number of para-hydroxylation sites is 1. The highest BCUT2D eigenvalue weighted by Crippen LogP contribution is 2.32. The summed E-state index contributed by atoms with van der Waals surface area (Å²) in [6.07, 6.45) is 1.74. The monoisotopic (exact) mass is 404 g/mol. The molecule has 1 N–H and O–H groups in total. The second kappa shape index (κ2) is 8.71. The summed E-state index contributed by atoms with van der Waals surface area (Å²) in [5.74, 6) is 0.0448. The van der Waals surface area contributed by atoms with E-state index in [4.69, 9.17) is 0 Å². The molecule has 156 valence electrons. The van der Waals surface area contributed by atoms with E-state index in [-0.39, 0.29) is 17.4 Å². The Hall–Kier alpha value is -3.12. The molecule has 3 heterocycles. The summed E-state index contributed by atoms with van der Waals surface area (Å²) in [6, 6.07) is 17.4. The fourth-order valence-electron chi connectivity index (χ4n) is 4.35. The lowest BCUT2D eigenvalue weighted by Crippen LogP contribution is -2.49. The third kappa shape index (κ3) is 3.83. The first-order valence-corrected chi connectivity index (χ1v) is 10.5. The fraction of sp³-hybridized carbons (Fsp3) is 0.333. The van der Waals surface area contributed by atoms with Gasteiger partial charge in [0.05, 0.1) is 17.3 Å². The average Bonchev–Trinajstić information content (AvgIpc) is 2.78. The minimum Gasteiger partial charge on any atom is -0.507 e. The molecule has 30 heavy (non-hydrogen) atoms. The van der Waals surface area contributed by atoms with Crippen LogP contribution in [0.1, 0.15) is 29.9 Å². The Morgan fingerprint density at radius 2 is 1.73 bits per heavy atom. The number of aromatic nitrogens is 2. The van der Waals surface area contributed by atoms with Crippen molar-refractivity contribution in [3.05, 3.63) is 88.1 Å². The molecule has 1 fully saturated rings. The van der Waals surface area contributed by atoms with Gasteiger partial charge in [-0.15, -0.1) is 0 Å². The van der Waals surface area contributed by atoms with E-state index in [1.165, 1.54) is 5.69 Å². The number of aryl methyl sites for hydroxylation is 1. The van der Waals surface area contributed by atoms with Gasteiger partial charge < -0.3 is 14.6 Å². The molecule has 0 amide bonds. The Morgan fingerprint density at radius 3 is 2.37 bits per heavy atom. The molecule has 3 aromatic rings. The van der Waals surface area contributed by atoms with Crippen molar-refractivity contribution < 1.29 is 5.11 Å². The van der Waals surface area contributed by atoms with Crippen LogP contribution in [0.5, 0.6) is 5.75 Å². The van der Waals surface area contributed by atoms with E-state index in [1.54, 1.807) is 16.8 Å². The van der Waals surface area contributed by atoms with Crippen LogP contribution in [0.15, 0.2) is 65.6 Å². The maximum Gasteiger partial charge on any atom is 0.259 e. The zero-order valence-corrected chi connectivity index (χ0v) is 17.5. The van der Waals surface area contributed by atoms with E-state index < -0.39 is 0 Å². The second-order valence-corrected chi connectivity index (χ2v) is 7.65. The maximum absolute atomic E-state index is 13.3. The molecular formula is C24H28N4O2. The minimum absolute atomic E-state index is 0.0448. The number of nitrogens with zero attached hydrogens (tertiary/aromatic N) is 4. The normalized spacial score (nSPS) is 15.9. The number of rotatable bonds is 5. The summed E-state index contributed by atoms with van der Waals surface area (Å²) in [6.45, 7) is 7.61. The predicted octanol–water partition coefficient (Wildman–Crippen LogP) is 3.19. The van der Waals surface area contributed by atoms with Crippen molar-refractivity contribution in [2.45, 2.75) is 26.4 Å². The smallest absolute Gasteiger partial charge is 0.259 e. The quantitative estimate of drug-likeness (QED) is 0.708. The van der Waals surface area contributed by atoms with Gasteiger partial charge >= 0.3 is 0 Å². The van der Waals surface area contributed by atoms with Crippen LogP contribution in [-0.2, 0) is 6.54 Å². The zero-order valence-electron chi connectivity index (χ0n) is 17.5. The Kier molecular flexibility index (Phi) is 5.86. The molecule has 1 atom stereocenters. The van der Waals surface area contributed by atoms with Crippen LogP contribution in [0.4, 0.5) is 5.69 Å². The molecule has 0 spiro atoms. The van der Waals surface area contributed by atoms with Crippen molar-refractivity contribution in [3.63, 3.8) is 0 Å². The van der Waals surface area contributed by atoms with Crippen molar-refractivity contribution in [3.8, 4) is 5.75 Å². The van der Waals surface area contributed by atoms with Crippen LogP contribution in [0, 0.1) is 6.92 Å². The van der Waals surface area contributed by atoms with Crippen molar-refractivity contribution in [2.75, 3.05) is 31.1 Å². The number of benzene rings is 1. The van der Waals surface area contributed by atoms with Gasteiger partial charge in [-0.2, -0.15) is 0 Å². The summed E-state index contributed by atoms with van der Waals surface area (Å²) in [5.41, 5.74) is 3.02. The highest BCUT2D eigenvalue weighted by Gasteiger charge is 2.32. The Bertz CT molecular complexity index is 1040. The number of hydrogen-bond acceptors (Lipinski definition) is 5. The van der Waals surface area contributed by atoms with Crippen LogP contribution >= 0.6 is 0 Å². The highest BCUT2D eigenvalue weighted by molar-refractivity contribution is 5.47. The van der Waals surface area contributed by atoms with Gasteiger partial charge in [0.1, 0.15) is 5.75 Å². The van der Waals surface area contributed by atoms with Crippen LogP contribution in [-0.4, -0.2) is 45.7 Å². The lowest BCUT2D eigenvalue weighted by atomic mass is 9.99. The lowest BCUT2D eigenvalue weighted by Gasteiger charge is -2.40. The Labute approximate surface area is 177 Å². The first kappa shape index (κ1) is 20.2. The molecule has 1 saturated heterocycles. The van der Waals surface area contributed by atoms with Crippen LogP contribution in [0.3, 0.4) is 0 Å². The van der Waals surface area contributed by atoms with Crippen LogP contribution in [0.25, 0.3) is 0 Å². The SMILES string of the molecule is CCn1c(C)cc(O)c(C(c2ccccn2)N2CCN(c3ccccc3)CC2)c1=O. The molecule has 2 aromatic heterocycles. The first-order valence-electron chi connectivity index (χ1n) is 10.5. The van der Waals surface area contributed by atoms with Crippen molar-refractivity contribution in [1.29, 1.82) is 0 Å². The standard InChI is InChI=1S/C24H28N4O2/c1-3-28-18(2)17-21(29)22(24(28)30)23(20-11-7-8-12-25-20)27-15-13-26(14-16-27)19-9-5-4-6-10-19/h4-12,17,23,29H,3,13-16H2,1-2H3. The Balaban J connectivity index is 1.71. The summed E-state index contributed by atoms with van der Waals surface area (Å²) >= 11 is 0. The molecule has 1 aliphatic heterocycles. The zero-order chi connectivity index (χ0) is 21.1. The molecule has 0 aliphatic carbocycles. The average molecular weight is 405 g/mol. The summed E-state index contributed by atoms with van der Waals surface area (Å²) in [7, 11) is 0. The van der Waals surface area contributed by atoms with E-state index in [1.807, 2.05) is 38.1 Å². The van der Waals surface area contributed by atoms with E-state index in [9.17, 15) is 9.90 Å². The molecular weight excluding hydrogens is 376 g/mol. The van der Waals surface area contributed by atoms with Gasteiger partial charge in [-0.25, -0.2) is 0 Å². The summed E-state index contributed by atoms with van der Waals surface area (Å²) in [5, 5.41) is 10.8. The molecule has 4 rings (SSSR count). The van der Waals surface area contributed by atoms with E-state index in [2.05, 4.69) is 39.0 Å². The molecule has 0 saturated carbocycles. The number of aromatic hydroxyl groups is 1. The van der Waals surface area contributed by atoms with E-state index in [0.29, 0.717) is 12.1 Å². The van der Waals surface area contributed by atoms with Gasteiger partial charge in [0, 0.05) is 50.3 Å². The number of hydrogen-bond donors (Lipinski definition) is 1. The summed E-state index contributed by atoms with van der Waals surface area (Å²) in [4.78, 5) is 22.5. The van der Waals surface area contributed by atoms with Gasteiger partial charge in [0.2, 0.25) is 0 Å². The van der Waals surface area contributed by atoms with Crippen molar-refractivity contribution in [2.24, 2.45) is 0 Å². The first-order chi connectivity index (χ1) is 14.6. The topological polar surface area (TPSA) is 61.6 Å². The second-order valence-electron chi connectivity index (χ2n) is 7.65. The third-order valence-electron chi connectivity index (χ3n) is 5.88. The van der Waals surface area contributed by atoms with Crippen LogP contribution < -0.4 is 10.5 Å². The fourth-order valence-corrected chi connectivity index (χ4v) is 4.35. The molecule has 1 unspecified atom stereocenters. The van der Waals surface area contributed by atoms with E-state index in [0.717, 1.165) is 37.6 Å². The molecule has 6 nitrogen and oxygen atoms in total. The number of pyridine rings is 2. The van der Waals surface area contributed by atoms with Gasteiger partial charge in [-0.1, -0.05) is 24.3 Å². The van der Waals surface area contributed by atoms with Gasteiger partial charge in [-0.3, -0.25) is 14.7 Å². The minimum atomic E-state index is -0.380. The third-order valence-corrected chi connectivity index (χ3v) is 5.88. The highest BCUT2D eigenvalue weighted by atomic mass is 16.3.